The second-order valence-corrected chi connectivity index (χ2v) is 4.67. The van der Waals surface area contributed by atoms with Gasteiger partial charge in [0.1, 0.15) is 11.2 Å². The molecule has 1 heterocycles. The lowest BCUT2D eigenvalue weighted by Crippen LogP contribution is -2.59. The number of carboxylic acids is 1. The monoisotopic (exact) mass is 236 g/mol. The fourth-order valence-corrected chi connectivity index (χ4v) is 2.09. The zero-order valence-electron chi connectivity index (χ0n) is 9.69. The third-order valence-corrected chi connectivity index (χ3v) is 3.58. The van der Waals surface area contributed by atoms with Crippen LogP contribution in [0.25, 0.3) is 0 Å². The van der Waals surface area contributed by atoms with Crippen molar-refractivity contribution in [2.75, 3.05) is 0 Å². The minimum Gasteiger partial charge on any atom is -0.480 e. The first-order valence-electron chi connectivity index (χ1n) is 5.73. The Kier molecular flexibility index (Phi) is 2.92. The summed E-state index contributed by atoms with van der Waals surface area (Å²) >= 11 is 0. The molecule has 92 valence electrons. The zero-order valence-corrected chi connectivity index (χ0v) is 9.69. The average molecular weight is 236 g/mol. The minimum absolute atomic E-state index is 0.0268. The van der Waals surface area contributed by atoms with E-state index in [1.165, 1.54) is 0 Å². The number of H-pyrrole nitrogens is 1. The van der Waals surface area contributed by atoms with E-state index in [0.29, 0.717) is 5.69 Å². The average Bonchev–Trinajstić information content (AvgIpc) is 2.66. The number of rotatable bonds is 4. The maximum atomic E-state index is 11.9. The Balaban J connectivity index is 2.13. The number of carbonyl (C=O) groups excluding carboxylic acids is 1. The van der Waals surface area contributed by atoms with Gasteiger partial charge in [-0.15, -0.1) is 0 Å². The van der Waals surface area contributed by atoms with Gasteiger partial charge in [-0.2, -0.15) is 0 Å². The molecule has 0 radical (unpaired) electrons. The van der Waals surface area contributed by atoms with E-state index in [9.17, 15) is 14.7 Å². The molecule has 1 unspecified atom stereocenters. The van der Waals surface area contributed by atoms with Crippen LogP contribution in [0, 0.1) is 5.92 Å². The lowest BCUT2D eigenvalue weighted by molar-refractivity contribution is -0.147. The second-order valence-electron chi connectivity index (χ2n) is 4.67. The van der Waals surface area contributed by atoms with Gasteiger partial charge in [-0.1, -0.05) is 6.42 Å². The van der Waals surface area contributed by atoms with Crippen LogP contribution in [0.1, 0.15) is 36.7 Å². The number of aliphatic carboxylic acids is 1. The van der Waals surface area contributed by atoms with Crippen LogP contribution in [0.2, 0.25) is 0 Å². The molecule has 1 atom stereocenters. The van der Waals surface area contributed by atoms with Gasteiger partial charge in [0, 0.05) is 6.20 Å². The van der Waals surface area contributed by atoms with E-state index in [-0.39, 0.29) is 11.8 Å². The van der Waals surface area contributed by atoms with E-state index in [2.05, 4.69) is 10.3 Å². The van der Waals surface area contributed by atoms with Crippen molar-refractivity contribution in [1.82, 2.24) is 10.3 Å². The third-order valence-electron chi connectivity index (χ3n) is 3.58. The second kappa shape index (κ2) is 4.24. The van der Waals surface area contributed by atoms with Crippen molar-refractivity contribution in [2.45, 2.75) is 31.7 Å². The molecule has 0 aromatic carbocycles. The summed E-state index contributed by atoms with van der Waals surface area (Å²) in [6.07, 6.45) is 4.38. The summed E-state index contributed by atoms with van der Waals surface area (Å²) in [4.78, 5) is 26.0. The quantitative estimate of drug-likeness (QED) is 0.738. The minimum atomic E-state index is -1.17. The lowest BCUT2D eigenvalue weighted by atomic mass is 9.71. The highest BCUT2D eigenvalue weighted by Gasteiger charge is 2.45. The van der Waals surface area contributed by atoms with Crippen LogP contribution in [0.3, 0.4) is 0 Å². The smallest absolute Gasteiger partial charge is 0.329 e. The van der Waals surface area contributed by atoms with E-state index < -0.39 is 11.5 Å². The molecule has 0 spiro atoms. The standard InChI is InChI=1S/C12H16N2O3/c1-12(11(16)17,8-4-2-5-8)14-10(15)9-6-3-7-13-9/h3,6-8,13H,2,4-5H2,1H3,(H,14,15)(H,16,17). The van der Waals surface area contributed by atoms with E-state index in [4.69, 9.17) is 0 Å². The van der Waals surface area contributed by atoms with Gasteiger partial charge in [-0.25, -0.2) is 4.79 Å². The van der Waals surface area contributed by atoms with Gasteiger partial charge < -0.3 is 15.4 Å². The SMILES string of the molecule is CC(NC(=O)c1ccc[nH]1)(C(=O)O)C1CCC1. The van der Waals surface area contributed by atoms with Crippen LogP contribution < -0.4 is 5.32 Å². The van der Waals surface area contributed by atoms with Gasteiger partial charge in [-0.3, -0.25) is 4.79 Å². The molecule has 1 amide bonds. The molecule has 1 aromatic heterocycles. The Morgan fingerprint density at radius 2 is 2.24 bits per heavy atom. The van der Waals surface area contributed by atoms with Gasteiger partial charge >= 0.3 is 5.97 Å². The van der Waals surface area contributed by atoms with E-state index in [0.717, 1.165) is 19.3 Å². The normalized spacial score (nSPS) is 19.1. The van der Waals surface area contributed by atoms with Crippen LogP contribution in [-0.2, 0) is 4.79 Å². The Labute approximate surface area is 99.2 Å². The highest BCUT2D eigenvalue weighted by molar-refractivity contribution is 5.96. The maximum Gasteiger partial charge on any atom is 0.329 e. The summed E-state index contributed by atoms with van der Waals surface area (Å²) in [5, 5.41) is 11.9. The summed E-state index contributed by atoms with van der Waals surface area (Å²) in [6.45, 7) is 1.58. The van der Waals surface area contributed by atoms with E-state index in [1.54, 1.807) is 25.3 Å². The Hall–Kier alpha value is -1.78. The Bertz CT molecular complexity index is 423. The molecule has 17 heavy (non-hydrogen) atoms. The number of carboxylic acid groups (broad SMARTS) is 1. The number of hydrogen-bond donors (Lipinski definition) is 3. The van der Waals surface area contributed by atoms with Gasteiger partial charge in [-0.05, 0) is 37.8 Å². The number of hydrogen-bond acceptors (Lipinski definition) is 2. The molecule has 3 N–H and O–H groups in total. The fraction of sp³-hybridized carbons (Fsp3) is 0.500. The summed E-state index contributed by atoms with van der Waals surface area (Å²) in [7, 11) is 0. The summed E-state index contributed by atoms with van der Waals surface area (Å²) in [5.41, 5.74) is -0.780. The lowest BCUT2D eigenvalue weighted by Gasteiger charge is -2.40. The van der Waals surface area contributed by atoms with Crippen molar-refractivity contribution in [3.63, 3.8) is 0 Å². The fourth-order valence-electron chi connectivity index (χ4n) is 2.09. The van der Waals surface area contributed by atoms with Crippen LogP contribution in [-0.4, -0.2) is 27.5 Å². The number of nitrogens with one attached hydrogen (secondary N) is 2. The van der Waals surface area contributed by atoms with Gasteiger partial charge in [0.05, 0.1) is 0 Å². The van der Waals surface area contributed by atoms with Crippen molar-refractivity contribution < 1.29 is 14.7 Å². The number of amides is 1. The molecule has 1 aliphatic rings. The topological polar surface area (TPSA) is 82.2 Å². The van der Waals surface area contributed by atoms with Crippen molar-refractivity contribution in [1.29, 1.82) is 0 Å². The number of carbonyl (C=O) groups is 2. The number of aromatic amines is 1. The zero-order chi connectivity index (χ0) is 12.5. The molecule has 0 saturated heterocycles. The summed E-state index contributed by atoms with van der Waals surface area (Å²) < 4.78 is 0. The van der Waals surface area contributed by atoms with Crippen LogP contribution >= 0.6 is 0 Å². The van der Waals surface area contributed by atoms with E-state index in [1.807, 2.05) is 0 Å². The van der Waals surface area contributed by atoms with Crippen LogP contribution in [0.5, 0.6) is 0 Å². The Morgan fingerprint density at radius 1 is 1.53 bits per heavy atom. The molecule has 0 aliphatic heterocycles. The Morgan fingerprint density at radius 3 is 2.65 bits per heavy atom. The molecular formula is C12H16N2O3. The predicted molar refractivity (Wildman–Crippen MR) is 61.6 cm³/mol. The first-order valence-corrected chi connectivity index (χ1v) is 5.73. The molecule has 0 bridgehead atoms. The van der Waals surface area contributed by atoms with Crippen molar-refractivity contribution >= 4 is 11.9 Å². The largest absolute Gasteiger partial charge is 0.480 e. The molecule has 2 rings (SSSR count). The van der Waals surface area contributed by atoms with Gasteiger partial charge in [0.15, 0.2) is 0 Å². The van der Waals surface area contributed by atoms with Crippen molar-refractivity contribution in [2.24, 2.45) is 5.92 Å². The van der Waals surface area contributed by atoms with Crippen LogP contribution in [0.4, 0.5) is 0 Å². The first kappa shape index (κ1) is 11.7. The van der Waals surface area contributed by atoms with Crippen molar-refractivity contribution in [3.8, 4) is 0 Å². The molecule has 1 fully saturated rings. The summed E-state index contributed by atoms with van der Waals surface area (Å²) in [5.74, 6) is -1.31. The molecule has 5 nitrogen and oxygen atoms in total. The van der Waals surface area contributed by atoms with Gasteiger partial charge in [0.25, 0.3) is 5.91 Å². The van der Waals surface area contributed by atoms with Crippen molar-refractivity contribution in [3.05, 3.63) is 24.0 Å². The van der Waals surface area contributed by atoms with Gasteiger partial charge in [0.2, 0.25) is 0 Å². The molecule has 1 aliphatic carbocycles. The highest BCUT2D eigenvalue weighted by Crippen LogP contribution is 2.36. The molecule has 1 aromatic rings. The highest BCUT2D eigenvalue weighted by atomic mass is 16.4. The van der Waals surface area contributed by atoms with Crippen LogP contribution in [0.15, 0.2) is 18.3 Å². The molecule has 1 saturated carbocycles. The summed E-state index contributed by atoms with van der Waals surface area (Å²) in [6, 6.07) is 3.33. The maximum absolute atomic E-state index is 11.9. The molecular weight excluding hydrogens is 220 g/mol. The first-order chi connectivity index (χ1) is 8.04. The molecule has 5 heteroatoms. The predicted octanol–water partition coefficient (Wildman–Crippen LogP) is 1.39. The number of aromatic nitrogens is 1. The van der Waals surface area contributed by atoms with E-state index >= 15 is 0 Å². The third kappa shape index (κ3) is 2.05.